The largest absolute Gasteiger partial charge is 0.445 e. The zero-order chi connectivity index (χ0) is 10.7. The Morgan fingerprint density at radius 1 is 1.33 bits per heavy atom. The van der Waals surface area contributed by atoms with Crippen LogP contribution in [0.5, 0.6) is 0 Å². The second-order valence-electron chi connectivity index (χ2n) is 3.05. The lowest BCUT2D eigenvalue weighted by Gasteiger charge is -1.98. The lowest BCUT2D eigenvalue weighted by Crippen LogP contribution is -1.80. The number of halogens is 1. The van der Waals surface area contributed by atoms with Crippen LogP contribution in [0, 0.1) is 0 Å². The van der Waals surface area contributed by atoms with Crippen LogP contribution in [-0.2, 0) is 0 Å². The van der Waals surface area contributed by atoms with Crippen LogP contribution in [0.1, 0.15) is 12.5 Å². The van der Waals surface area contributed by atoms with E-state index in [0.29, 0.717) is 11.5 Å². The van der Waals surface area contributed by atoms with Crippen LogP contribution < -0.4 is 0 Å². The lowest BCUT2D eigenvalue weighted by atomic mass is 10.1. The van der Waals surface area contributed by atoms with Gasteiger partial charge < -0.3 is 4.42 Å². The summed E-state index contributed by atoms with van der Waals surface area (Å²) in [6.07, 6.45) is 4.52. The average Bonchev–Trinajstić information content (AvgIpc) is 2.82. The fraction of sp³-hybridized carbons (Fsp3) is 0.0833. The Hall–Kier alpha value is -1.90. The maximum Gasteiger partial charge on any atom is 0.225 e. The molecule has 2 aromatic rings. The standard InChI is InChI=1S/C12H10FNO/c1-2-11(13)9-3-5-10(6-4-9)12-14-7-8-15-12/h2-8H,1H3/b11-2-. The maximum absolute atomic E-state index is 13.2. The molecule has 0 N–H and O–H groups in total. The van der Waals surface area contributed by atoms with E-state index in [1.165, 1.54) is 12.3 Å². The van der Waals surface area contributed by atoms with Gasteiger partial charge in [0.05, 0.1) is 6.20 Å². The Morgan fingerprint density at radius 3 is 2.60 bits per heavy atom. The number of benzene rings is 1. The van der Waals surface area contributed by atoms with E-state index in [-0.39, 0.29) is 5.83 Å². The molecule has 0 atom stereocenters. The third kappa shape index (κ3) is 1.96. The van der Waals surface area contributed by atoms with E-state index in [1.54, 1.807) is 37.4 Å². The molecule has 0 spiro atoms. The lowest BCUT2D eigenvalue weighted by molar-refractivity contribution is 0.574. The first-order valence-electron chi connectivity index (χ1n) is 4.63. The second-order valence-corrected chi connectivity index (χ2v) is 3.05. The van der Waals surface area contributed by atoms with E-state index in [1.807, 2.05) is 0 Å². The van der Waals surface area contributed by atoms with Crippen LogP contribution in [0.15, 0.2) is 47.2 Å². The molecule has 0 fully saturated rings. The summed E-state index contributed by atoms with van der Waals surface area (Å²) in [5, 5.41) is 0. The van der Waals surface area contributed by atoms with Crippen LogP contribution in [0.2, 0.25) is 0 Å². The van der Waals surface area contributed by atoms with Crippen molar-refractivity contribution in [2.24, 2.45) is 0 Å². The van der Waals surface area contributed by atoms with Crippen molar-refractivity contribution in [3.05, 3.63) is 48.4 Å². The van der Waals surface area contributed by atoms with E-state index in [9.17, 15) is 4.39 Å². The second kappa shape index (κ2) is 4.09. The quantitative estimate of drug-likeness (QED) is 0.744. The van der Waals surface area contributed by atoms with E-state index in [4.69, 9.17) is 4.42 Å². The molecule has 0 saturated carbocycles. The highest BCUT2D eigenvalue weighted by molar-refractivity contribution is 5.63. The SMILES string of the molecule is C/C=C(\F)c1ccc(-c2ncco2)cc1. The molecular formula is C12H10FNO. The molecule has 0 radical (unpaired) electrons. The molecule has 0 aliphatic rings. The molecule has 0 aliphatic carbocycles. The van der Waals surface area contributed by atoms with Gasteiger partial charge in [0, 0.05) is 11.1 Å². The highest BCUT2D eigenvalue weighted by atomic mass is 19.1. The maximum atomic E-state index is 13.2. The summed E-state index contributed by atoms with van der Waals surface area (Å²) in [4.78, 5) is 4.01. The number of nitrogens with zero attached hydrogens (tertiary/aromatic N) is 1. The number of oxazole rings is 1. The fourth-order valence-electron chi connectivity index (χ4n) is 1.30. The topological polar surface area (TPSA) is 26.0 Å². The molecule has 0 bridgehead atoms. The number of hydrogen-bond acceptors (Lipinski definition) is 2. The number of aromatic nitrogens is 1. The van der Waals surface area contributed by atoms with Gasteiger partial charge in [-0.05, 0) is 19.1 Å². The Kier molecular flexibility index (Phi) is 2.63. The average molecular weight is 203 g/mol. The Morgan fingerprint density at radius 2 is 2.07 bits per heavy atom. The number of allylic oxidation sites excluding steroid dienone is 1. The zero-order valence-corrected chi connectivity index (χ0v) is 8.27. The molecule has 76 valence electrons. The first kappa shape index (κ1) is 9.65. The summed E-state index contributed by atoms with van der Waals surface area (Å²) < 4.78 is 18.3. The smallest absolute Gasteiger partial charge is 0.225 e. The number of rotatable bonds is 2. The minimum Gasteiger partial charge on any atom is -0.445 e. The van der Waals surface area contributed by atoms with E-state index in [0.717, 1.165) is 5.56 Å². The third-order valence-electron chi connectivity index (χ3n) is 2.09. The molecule has 0 amide bonds. The Bertz CT molecular complexity index is 457. The van der Waals surface area contributed by atoms with E-state index in [2.05, 4.69) is 4.98 Å². The van der Waals surface area contributed by atoms with Gasteiger partial charge in [-0.3, -0.25) is 0 Å². The van der Waals surface area contributed by atoms with Crippen molar-refractivity contribution >= 4 is 5.83 Å². The predicted molar refractivity (Wildman–Crippen MR) is 56.7 cm³/mol. The molecule has 0 unspecified atom stereocenters. The summed E-state index contributed by atoms with van der Waals surface area (Å²) in [5.41, 5.74) is 1.40. The van der Waals surface area contributed by atoms with E-state index >= 15 is 0 Å². The first-order valence-corrected chi connectivity index (χ1v) is 4.63. The van der Waals surface area contributed by atoms with Crippen molar-refractivity contribution in [1.29, 1.82) is 0 Å². The first-order chi connectivity index (χ1) is 7.31. The summed E-state index contributed by atoms with van der Waals surface area (Å²) >= 11 is 0. The van der Waals surface area contributed by atoms with Crippen LogP contribution >= 0.6 is 0 Å². The minimum atomic E-state index is -0.228. The van der Waals surface area contributed by atoms with Gasteiger partial charge in [0.1, 0.15) is 12.1 Å². The molecule has 1 aromatic heterocycles. The minimum absolute atomic E-state index is 0.228. The molecular weight excluding hydrogens is 193 g/mol. The van der Waals surface area contributed by atoms with Crippen molar-refractivity contribution < 1.29 is 8.81 Å². The Labute approximate surface area is 87.1 Å². The molecule has 15 heavy (non-hydrogen) atoms. The summed E-state index contributed by atoms with van der Waals surface area (Å²) in [7, 11) is 0. The third-order valence-corrected chi connectivity index (χ3v) is 2.09. The van der Waals surface area contributed by atoms with Crippen molar-refractivity contribution in [1.82, 2.24) is 4.98 Å². The predicted octanol–water partition coefficient (Wildman–Crippen LogP) is 3.67. The van der Waals surface area contributed by atoms with Gasteiger partial charge in [0.15, 0.2) is 0 Å². The van der Waals surface area contributed by atoms with Crippen molar-refractivity contribution in [3.8, 4) is 11.5 Å². The van der Waals surface area contributed by atoms with Gasteiger partial charge in [-0.15, -0.1) is 0 Å². The normalized spacial score (nSPS) is 11.7. The molecule has 0 saturated heterocycles. The van der Waals surface area contributed by atoms with Gasteiger partial charge >= 0.3 is 0 Å². The van der Waals surface area contributed by atoms with Crippen molar-refractivity contribution in [2.75, 3.05) is 0 Å². The van der Waals surface area contributed by atoms with Crippen LogP contribution in [0.3, 0.4) is 0 Å². The molecule has 2 rings (SSSR count). The van der Waals surface area contributed by atoms with Gasteiger partial charge in [-0.1, -0.05) is 18.2 Å². The molecule has 1 heterocycles. The molecule has 2 nitrogen and oxygen atoms in total. The van der Waals surface area contributed by atoms with Crippen LogP contribution in [0.25, 0.3) is 17.3 Å². The molecule has 1 aromatic carbocycles. The Balaban J connectivity index is 2.33. The van der Waals surface area contributed by atoms with Gasteiger partial charge in [-0.25, -0.2) is 9.37 Å². The molecule has 3 heteroatoms. The van der Waals surface area contributed by atoms with Gasteiger partial charge in [0.25, 0.3) is 0 Å². The fourth-order valence-corrected chi connectivity index (χ4v) is 1.30. The summed E-state index contributed by atoms with van der Waals surface area (Å²) in [6.45, 7) is 1.66. The number of hydrogen-bond donors (Lipinski definition) is 0. The van der Waals surface area contributed by atoms with Crippen LogP contribution in [0.4, 0.5) is 4.39 Å². The van der Waals surface area contributed by atoms with Crippen molar-refractivity contribution in [2.45, 2.75) is 6.92 Å². The zero-order valence-electron chi connectivity index (χ0n) is 8.27. The highest BCUT2D eigenvalue weighted by Crippen LogP contribution is 2.21. The highest BCUT2D eigenvalue weighted by Gasteiger charge is 2.03. The van der Waals surface area contributed by atoms with E-state index < -0.39 is 0 Å². The van der Waals surface area contributed by atoms with Crippen molar-refractivity contribution in [3.63, 3.8) is 0 Å². The molecule has 0 aliphatic heterocycles. The summed E-state index contributed by atoms with van der Waals surface area (Å²) in [6, 6.07) is 6.97. The van der Waals surface area contributed by atoms with Crippen LogP contribution in [-0.4, -0.2) is 4.98 Å². The van der Waals surface area contributed by atoms with Gasteiger partial charge in [-0.2, -0.15) is 0 Å². The monoisotopic (exact) mass is 203 g/mol. The van der Waals surface area contributed by atoms with Gasteiger partial charge in [0.2, 0.25) is 5.89 Å². The summed E-state index contributed by atoms with van der Waals surface area (Å²) in [5.74, 6) is 0.316.